The van der Waals surface area contributed by atoms with Gasteiger partial charge < -0.3 is 4.74 Å². The zero-order valence-electron chi connectivity index (χ0n) is 13.2. The number of carbonyl (C=O) groups is 1. The number of hydrogen-bond donors (Lipinski definition) is 2. The Hall–Kier alpha value is -0.770. The van der Waals surface area contributed by atoms with Crippen LogP contribution in [-0.2, 0) is 4.74 Å². The van der Waals surface area contributed by atoms with Gasteiger partial charge in [-0.2, -0.15) is 0 Å². The summed E-state index contributed by atoms with van der Waals surface area (Å²) in [5, 5.41) is 0. The molecule has 0 atom stereocenters. The number of hydrogen-bond acceptors (Lipinski definition) is 3. The van der Waals surface area contributed by atoms with E-state index in [1.165, 1.54) is 44.9 Å². The molecule has 0 saturated heterocycles. The Kier molecular flexibility index (Phi) is 10.6. The second-order valence-electron chi connectivity index (χ2n) is 6.03. The van der Waals surface area contributed by atoms with E-state index in [4.69, 9.17) is 4.74 Å². The van der Waals surface area contributed by atoms with Gasteiger partial charge in [0, 0.05) is 6.54 Å². The lowest BCUT2D eigenvalue weighted by molar-refractivity contribution is 0.0498. The summed E-state index contributed by atoms with van der Waals surface area (Å²) in [6.07, 6.45) is 9.91. The SMILES string of the molecule is CCCCCCCCCCNNC(=O)OC(C)(C)C. The molecule has 0 saturated carbocycles. The first kappa shape index (κ1) is 18.2. The zero-order chi connectivity index (χ0) is 14.6. The fourth-order valence-corrected chi connectivity index (χ4v) is 1.79. The normalized spacial score (nSPS) is 11.4. The van der Waals surface area contributed by atoms with Crippen molar-refractivity contribution in [2.75, 3.05) is 6.54 Å². The van der Waals surface area contributed by atoms with Gasteiger partial charge in [-0.25, -0.2) is 10.2 Å². The summed E-state index contributed by atoms with van der Waals surface area (Å²) >= 11 is 0. The monoisotopic (exact) mass is 272 g/mol. The molecule has 1 amide bonds. The van der Waals surface area contributed by atoms with Crippen molar-refractivity contribution in [1.29, 1.82) is 0 Å². The van der Waals surface area contributed by atoms with Gasteiger partial charge in [0.2, 0.25) is 0 Å². The summed E-state index contributed by atoms with van der Waals surface area (Å²) in [7, 11) is 0. The smallest absolute Gasteiger partial charge is 0.422 e. The van der Waals surface area contributed by atoms with Crippen LogP contribution in [0.2, 0.25) is 0 Å². The zero-order valence-corrected chi connectivity index (χ0v) is 13.2. The lowest BCUT2D eigenvalue weighted by Gasteiger charge is -2.19. The number of hydrazine groups is 1. The molecule has 0 spiro atoms. The van der Waals surface area contributed by atoms with Crippen molar-refractivity contribution in [1.82, 2.24) is 10.9 Å². The van der Waals surface area contributed by atoms with Crippen molar-refractivity contribution in [2.45, 2.75) is 84.7 Å². The van der Waals surface area contributed by atoms with Gasteiger partial charge in [-0.05, 0) is 27.2 Å². The predicted molar refractivity (Wildman–Crippen MR) is 80.0 cm³/mol. The van der Waals surface area contributed by atoms with Crippen molar-refractivity contribution in [3.63, 3.8) is 0 Å². The second kappa shape index (κ2) is 11.1. The molecule has 0 heterocycles. The molecule has 0 bridgehead atoms. The molecule has 0 aliphatic heterocycles. The van der Waals surface area contributed by atoms with Gasteiger partial charge in [0.25, 0.3) is 0 Å². The molecule has 114 valence electrons. The van der Waals surface area contributed by atoms with Crippen LogP contribution in [0.4, 0.5) is 4.79 Å². The Balaban J connectivity index is 3.21. The van der Waals surface area contributed by atoms with E-state index in [1.54, 1.807) is 0 Å². The Morgan fingerprint density at radius 2 is 1.47 bits per heavy atom. The van der Waals surface area contributed by atoms with E-state index < -0.39 is 11.7 Å². The maximum absolute atomic E-state index is 11.3. The summed E-state index contributed by atoms with van der Waals surface area (Å²) in [4.78, 5) is 11.3. The fourth-order valence-electron chi connectivity index (χ4n) is 1.79. The van der Waals surface area contributed by atoms with Crippen molar-refractivity contribution in [3.8, 4) is 0 Å². The van der Waals surface area contributed by atoms with Crippen LogP contribution in [0.1, 0.15) is 79.1 Å². The van der Waals surface area contributed by atoms with Crippen LogP contribution in [0.5, 0.6) is 0 Å². The van der Waals surface area contributed by atoms with Crippen LogP contribution in [0.25, 0.3) is 0 Å². The lowest BCUT2D eigenvalue weighted by atomic mass is 10.1. The van der Waals surface area contributed by atoms with E-state index in [2.05, 4.69) is 17.8 Å². The molecule has 2 N–H and O–H groups in total. The van der Waals surface area contributed by atoms with Crippen molar-refractivity contribution in [3.05, 3.63) is 0 Å². The van der Waals surface area contributed by atoms with Gasteiger partial charge in [0.05, 0.1) is 0 Å². The van der Waals surface area contributed by atoms with Gasteiger partial charge in [-0.15, -0.1) is 0 Å². The molecule has 0 aliphatic carbocycles. The van der Waals surface area contributed by atoms with E-state index >= 15 is 0 Å². The maximum atomic E-state index is 11.3. The minimum atomic E-state index is -0.440. The van der Waals surface area contributed by atoms with Crippen molar-refractivity contribution < 1.29 is 9.53 Å². The molecule has 0 aromatic heterocycles. The van der Waals surface area contributed by atoms with Crippen LogP contribution < -0.4 is 10.9 Å². The van der Waals surface area contributed by atoms with Crippen LogP contribution in [-0.4, -0.2) is 18.2 Å². The van der Waals surface area contributed by atoms with Crippen molar-refractivity contribution in [2.24, 2.45) is 0 Å². The molecule has 0 aromatic rings. The predicted octanol–water partition coefficient (Wildman–Crippen LogP) is 4.16. The van der Waals surface area contributed by atoms with E-state index in [1.807, 2.05) is 20.8 Å². The highest BCUT2D eigenvalue weighted by Crippen LogP contribution is 2.08. The minimum absolute atomic E-state index is 0.410. The molecular formula is C15H32N2O2. The third kappa shape index (κ3) is 15.2. The molecule has 0 rings (SSSR count). The molecule has 0 aliphatic rings. The number of carbonyl (C=O) groups excluding carboxylic acids is 1. The van der Waals surface area contributed by atoms with E-state index in [0.717, 1.165) is 13.0 Å². The molecule has 0 unspecified atom stereocenters. The molecule has 0 radical (unpaired) electrons. The quantitative estimate of drug-likeness (QED) is 0.464. The molecule has 19 heavy (non-hydrogen) atoms. The first-order valence-electron chi connectivity index (χ1n) is 7.67. The van der Waals surface area contributed by atoms with E-state index in [9.17, 15) is 4.79 Å². The van der Waals surface area contributed by atoms with Gasteiger partial charge in [-0.1, -0.05) is 51.9 Å². The number of ether oxygens (including phenoxy) is 1. The van der Waals surface area contributed by atoms with E-state index in [0.29, 0.717) is 0 Å². The van der Waals surface area contributed by atoms with Gasteiger partial charge in [0.1, 0.15) is 5.60 Å². The van der Waals surface area contributed by atoms with Crippen LogP contribution in [0, 0.1) is 0 Å². The highest BCUT2D eigenvalue weighted by atomic mass is 16.6. The average Bonchev–Trinajstić information content (AvgIpc) is 2.29. The molecule has 4 nitrogen and oxygen atoms in total. The summed E-state index contributed by atoms with van der Waals surface area (Å²) in [6.45, 7) is 8.60. The Bertz CT molecular complexity index is 225. The highest BCUT2D eigenvalue weighted by molar-refractivity contribution is 5.66. The maximum Gasteiger partial charge on any atom is 0.422 e. The lowest BCUT2D eigenvalue weighted by Crippen LogP contribution is -2.41. The highest BCUT2D eigenvalue weighted by Gasteiger charge is 2.15. The number of nitrogens with one attached hydrogen (secondary N) is 2. The molecular weight excluding hydrogens is 240 g/mol. The standard InChI is InChI=1S/C15H32N2O2/c1-5-6-7-8-9-10-11-12-13-16-17-14(18)19-15(2,3)4/h16H,5-13H2,1-4H3,(H,17,18). The average molecular weight is 272 g/mol. The van der Waals surface area contributed by atoms with Crippen LogP contribution >= 0.6 is 0 Å². The first-order chi connectivity index (χ1) is 8.95. The minimum Gasteiger partial charge on any atom is -0.443 e. The van der Waals surface area contributed by atoms with Gasteiger partial charge >= 0.3 is 6.09 Å². The number of unbranched alkanes of at least 4 members (excludes halogenated alkanes) is 7. The third-order valence-corrected chi connectivity index (χ3v) is 2.74. The van der Waals surface area contributed by atoms with Crippen molar-refractivity contribution >= 4 is 6.09 Å². The summed E-state index contributed by atoms with van der Waals surface area (Å²) in [5.74, 6) is 0. The second-order valence-corrected chi connectivity index (χ2v) is 6.03. The summed E-state index contributed by atoms with van der Waals surface area (Å²) in [5.41, 5.74) is 5.00. The fraction of sp³-hybridized carbons (Fsp3) is 0.933. The molecule has 0 aromatic carbocycles. The Morgan fingerprint density at radius 3 is 2.00 bits per heavy atom. The largest absolute Gasteiger partial charge is 0.443 e. The number of amides is 1. The number of rotatable bonds is 10. The summed E-state index contributed by atoms with van der Waals surface area (Å²) < 4.78 is 5.11. The van der Waals surface area contributed by atoms with Crippen LogP contribution in [0.15, 0.2) is 0 Å². The Morgan fingerprint density at radius 1 is 0.947 bits per heavy atom. The first-order valence-corrected chi connectivity index (χ1v) is 7.67. The van der Waals surface area contributed by atoms with E-state index in [-0.39, 0.29) is 0 Å². The van der Waals surface area contributed by atoms with Gasteiger partial charge in [0.15, 0.2) is 0 Å². The third-order valence-electron chi connectivity index (χ3n) is 2.74. The van der Waals surface area contributed by atoms with Crippen LogP contribution in [0.3, 0.4) is 0 Å². The topological polar surface area (TPSA) is 50.4 Å². The van der Waals surface area contributed by atoms with Gasteiger partial charge in [-0.3, -0.25) is 5.43 Å². The Labute approximate surface area is 118 Å². The summed E-state index contributed by atoms with van der Waals surface area (Å²) in [6, 6.07) is 0. The molecule has 4 heteroatoms. The molecule has 0 fully saturated rings.